The molecule has 0 aliphatic rings. The highest BCUT2D eigenvalue weighted by atomic mass is 35.5. The zero-order valence-electron chi connectivity index (χ0n) is 16.9. The molecular weight excluding hydrogens is 505 g/mol. The first-order valence-corrected chi connectivity index (χ1v) is 10.5. The maximum atomic E-state index is 12.7. The van der Waals surface area contributed by atoms with Crippen LogP contribution in [0.4, 0.5) is 11.4 Å². The summed E-state index contributed by atoms with van der Waals surface area (Å²) >= 11 is 17.8. The number of nitriles is 1. The summed E-state index contributed by atoms with van der Waals surface area (Å²) in [5.41, 5.74) is -0.287. The van der Waals surface area contributed by atoms with Crippen LogP contribution in [0.5, 0.6) is 5.75 Å². The van der Waals surface area contributed by atoms with Gasteiger partial charge >= 0.3 is 5.97 Å². The zero-order chi connectivity index (χ0) is 24.8. The SMILES string of the molecule is N#C/C(=C\c1ccccc1OC(=O)c1ccc(Cl)cc1)C(=O)Nc1c(Cl)cc([N+](=O)[O-])cc1Cl. The molecular formula is C23H12Cl3N3O5. The molecule has 8 nitrogen and oxygen atoms in total. The van der Waals surface area contributed by atoms with Gasteiger partial charge in [-0.2, -0.15) is 5.26 Å². The number of nitro groups is 1. The Hall–Kier alpha value is -3.90. The second kappa shape index (κ2) is 10.8. The minimum atomic E-state index is -0.876. The molecule has 0 aliphatic carbocycles. The van der Waals surface area contributed by atoms with Crippen molar-refractivity contribution >= 4 is 64.1 Å². The Morgan fingerprint density at radius 2 is 1.65 bits per heavy atom. The molecule has 3 rings (SSSR count). The summed E-state index contributed by atoms with van der Waals surface area (Å²) in [4.78, 5) is 35.4. The van der Waals surface area contributed by atoms with Crippen molar-refractivity contribution in [1.82, 2.24) is 0 Å². The van der Waals surface area contributed by atoms with Crippen LogP contribution in [0.3, 0.4) is 0 Å². The number of amides is 1. The van der Waals surface area contributed by atoms with Gasteiger partial charge in [0.25, 0.3) is 11.6 Å². The Labute approximate surface area is 208 Å². The first-order valence-electron chi connectivity index (χ1n) is 9.33. The molecule has 0 fully saturated rings. The predicted octanol–water partition coefficient (Wildman–Crippen LogP) is 6.32. The van der Waals surface area contributed by atoms with Crippen LogP contribution >= 0.6 is 34.8 Å². The highest BCUT2D eigenvalue weighted by molar-refractivity contribution is 6.40. The van der Waals surface area contributed by atoms with E-state index in [-0.39, 0.29) is 43.9 Å². The molecule has 0 atom stereocenters. The number of nitrogens with zero attached hydrogens (tertiary/aromatic N) is 2. The van der Waals surface area contributed by atoms with Crippen molar-refractivity contribution in [2.45, 2.75) is 0 Å². The summed E-state index contributed by atoms with van der Waals surface area (Å²) in [6.45, 7) is 0. The fraction of sp³-hybridized carbons (Fsp3) is 0. The molecule has 1 N–H and O–H groups in total. The molecule has 3 aromatic rings. The van der Waals surface area contributed by atoms with Crippen molar-refractivity contribution in [1.29, 1.82) is 5.26 Å². The molecule has 11 heteroatoms. The van der Waals surface area contributed by atoms with Crippen LogP contribution < -0.4 is 10.1 Å². The van der Waals surface area contributed by atoms with Crippen LogP contribution in [0.2, 0.25) is 15.1 Å². The van der Waals surface area contributed by atoms with Crippen LogP contribution in [0.25, 0.3) is 6.08 Å². The number of ether oxygens (including phenoxy) is 1. The standard InChI is InChI=1S/C23H12Cl3N3O5/c24-16-7-5-13(6-8-16)23(31)34-20-4-2-1-3-14(20)9-15(12-27)22(30)28-21-18(25)10-17(29(32)33)11-19(21)26/h1-11H,(H,28,30)/b15-9+. The van der Waals surface area contributed by atoms with Crippen LogP contribution in [-0.2, 0) is 4.79 Å². The third-order valence-electron chi connectivity index (χ3n) is 4.34. The first kappa shape index (κ1) is 24.7. The Balaban J connectivity index is 1.87. The molecule has 0 saturated carbocycles. The number of hydrogen-bond donors (Lipinski definition) is 1. The molecule has 0 heterocycles. The number of anilines is 1. The van der Waals surface area contributed by atoms with Crippen molar-refractivity contribution in [3.05, 3.63) is 103 Å². The third kappa shape index (κ3) is 5.91. The van der Waals surface area contributed by atoms with Crippen LogP contribution in [0.15, 0.2) is 66.2 Å². The fourth-order valence-corrected chi connectivity index (χ4v) is 3.40. The fourth-order valence-electron chi connectivity index (χ4n) is 2.71. The lowest BCUT2D eigenvalue weighted by atomic mass is 10.1. The number of nitro benzene ring substituents is 1. The van der Waals surface area contributed by atoms with E-state index in [0.29, 0.717) is 5.02 Å². The van der Waals surface area contributed by atoms with Gasteiger partial charge in [-0.25, -0.2) is 4.79 Å². The van der Waals surface area contributed by atoms with Crippen LogP contribution in [0, 0.1) is 21.4 Å². The molecule has 0 spiro atoms. The normalized spacial score (nSPS) is 10.8. The molecule has 0 unspecified atom stereocenters. The maximum Gasteiger partial charge on any atom is 0.343 e. The monoisotopic (exact) mass is 515 g/mol. The number of halogens is 3. The van der Waals surface area contributed by atoms with Gasteiger partial charge < -0.3 is 10.1 Å². The molecule has 0 aliphatic heterocycles. The van der Waals surface area contributed by atoms with Crippen LogP contribution in [-0.4, -0.2) is 16.8 Å². The minimum absolute atomic E-state index is 0.0949. The summed E-state index contributed by atoms with van der Waals surface area (Å²) in [5.74, 6) is -1.43. The highest BCUT2D eigenvalue weighted by Crippen LogP contribution is 2.35. The predicted molar refractivity (Wildman–Crippen MR) is 128 cm³/mol. The van der Waals surface area contributed by atoms with E-state index in [1.54, 1.807) is 24.3 Å². The first-order chi connectivity index (χ1) is 16.2. The van der Waals surface area contributed by atoms with E-state index in [4.69, 9.17) is 39.5 Å². The maximum absolute atomic E-state index is 12.7. The van der Waals surface area contributed by atoms with E-state index in [2.05, 4.69) is 5.32 Å². The Morgan fingerprint density at radius 1 is 1.03 bits per heavy atom. The lowest BCUT2D eigenvalue weighted by molar-refractivity contribution is -0.384. The Bertz CT molecular complexity index is 1340. The number of rotatable bonds is 6. The molecule has 170 valence electrons. The molecule has 3 aromatic carbocycles. The molecule has 0 bridgehead atoms. The number of carbonyl (C=O) groups excluding carboxylic acids is 2. The van der Waals surface area contributed by atoms with Gasteiger partial charge in [0.05, 0.1) is 26.2 Å². The lowest BCUT2D eigenvalue weighted by Gasteiger charge is -2.10. The molecule has 34 heavy (non-hydrogen) atoms. The summed E-state index contributed by atoms with van der Waals surface area (Å²) in [6, 6.07) is 16.1. The number of hydrogen-bond acceptors (Lipinski definition) is 6. The average Bonchev–Trinajstić information content (AvgIpc) is 2.80. The summed E-state index contributed by atoms with van der Waals surface area (Å²) < 4.78 is 5.41. The lowest BCUT2D eigenvalue weighted by Crippen LogP contribution is -2.14. The molecule has 0 saturated heterocycles. The van der Waals surface area contributed by atoms with Crippen molar-refractivity contribution in [2.24, 2.45) is 0 Å². The number of para-hydroxylation sites is 1. The summed E-state index contributed by atoms with van der Waals surface area (Å²) in [5, 5.41) is 22.9. The van der Waals surface area contributed by atoms with E-state index in [9.17, 15) is 25.0 Å². The second-order valence-corrected chi connectivity index (χ2v) is 7.85. The number of benzene rings is 3. The Kier molecular flexibility index (Phi) is 7.87. The van der Waals surface area contributed by atoms with E-state index < -0.39 is 16.8 Å². The van der Waals surface area contributed by atoms with E-state index in [1.807, 2.05) is 0 Å². The molecule has 1 amide bonds. The number of carbonyl (C=O) groups is 2. The highest BCUT2D eigenvalue weighted by Gasteiger charge is 2.19. The van der Waals surface area contributed by atoms with E-state index >= 15 is 0 Å². The van der Waals surface area contributed by atoms with Gasteiger partial charge in [0.15, 0.2) is 0 Å². The van der Waals surface area contributed by atoms with E-state index in [1.165, 1.54) is 36.4 Å². The largest absolute Gasteiger partial charge is 0.422 e. The van der Waals surface area contributed by atoms with E-state index in [0.717, 1.165) is 12.1 Å². The van der Waals surface area contributed by atoms with Gasteiger partial charge in [0.2, 0.25) is 0 Å². The smallest absolute Gasteiger partial charge is 0.343 e. The Morgan fingerprint density at radius 3 is 2.24 bits per heavy atom. The third-order valence-corrected chi connectivity index (χ3v) is 5.19. The topological polar surface area (TPSA) is 122 Å². The van der Waals surface area contributed by atoms with Gasteiger partial charge in [0, 0.05) is 22.7 Å². The number of non-ortho nitro benzene ring substituents is 1. The van der Waals surface area contributed by atoms with Gasteiger partial charge in [-0.05, 0) is 36.4 Å². The van der Waals surface area contributed by atoms with Crippen molar-refractivity contribution in [3.63, 3.8) is 0 Å². The summed E-state index contributed by atoms with van der Waals surface area (Å²) in [6.07, 6.45) is 1.22. The van der Waals surface area contributed by atoms with Crippen molar-refractivity contribution in [2.75, 3.05) is 5.32 Å². The molecule has 0 radical (unpaired) electrons. The zero-order valence-corrected chi connectivity index (χ0v) is 19.2. The summed E-state index contributed by atoms with van der Waals surface area (Å²) in [7, 11) is 0. The van der Waals surface area contributed by atoms with Gasteiger partial charge in [-0.3, -0.25) is 14.9 Å². The average molecular weight is 517 g/mol. The number of esters is 1. The van der Waals surface area contributed by atoms with Crippen molar-refractivity contribution < 1.29 is 19.2 Å². The second-order valence-electron chi connectivity index (χ2n) is 6.60. The van der Waals surface area contributed by atoms with Gasteiger partial charge in [-0.15, -0.1) is 0 Å². The molecule has 0 aromatic heterocycles. The number of nitrogens with one attached hydrogen (secondary N) is 1. The van der Waals surface area contributed by atoms with Crippen molar-refractivity contribution in [3.8, 4) is 11.8 Å². The minimum Gasteiger partial charge on any atom is -0.422 e. The van der Waals surface area contributed by atoms with Crippen LogP contribution in [0.1, 0.15) is 15.9 Å². The van der Waals surface area contributed by atoms with Gasteiger partial charge in [0.1, 0.15) is 17.4 Å². The van der Waals surface area contributed by atoms with Gasteiger partial charge in [-0.1, -0.05) is 53.0 Å². The quantitative estimate of drug-likeness (QED) is 0.102.